The van der Waals surface area contributed by atoms with Gasteiger partial charge in [-0.2, -0.15) is 5.10 Å². The van der Waals surface area contributed by atoms with Gasteiger partial charge < -0.3 is 9.64 Å². The summed E-state index contributed by atoms with van der Waals surface area (Å²) in [5.41, 5.74) is 3.30. The van der Waals surface area contributed by atoms with E-state index in [0.29, 0.717) is 6.04 Å². The average Bonchev–Trinajstić information content (AvgIpc) is 2.95. The topological polar surface area (TPSA) is 50.6 Å². The minimum Gasteiger partial charge on any atom is -0.497 e. The van der Waals surface area contributed by atoms with E-state index >= 15 is 0 Å². The van der Waals surface area contributed by atoms with Crippen molar-refractivity contribution < 1.29 is 9.53 Å². The predicted octanol–water partition coefficient (Wildman–Crippen LogP) is 2.66. The van der Waals surface area contributed by atoms with Gasteiger partial charge in [-0.15, -0.1) is 0 Å². The number of hydrogen-bond donors (Lipinski definition) is 0. The molecule has 1 fully saturated rings. The first-order valence-corrected chi connectivity index (χ1v) is 9.16. The average molecular weight is 356 g/mol. The monoisotopic (exact) mass is 356 g/mol. The number of aromatic nitrogens is 2. The molecule has 1 aromatic heterocycles. The first-order chi connectivity index (χ1) is 12.4. The van der Waals surface area contributed by atoms with Crippen molar-refractivity contribution in [3.63, 3.8) is 0 Å². The third-order valence-corrected chi connectivity index (χ3v) is 5.15. The number of hydrogen-bond acceptors (Lipinski definition) is 4. The van der Waals surface area contributed by atoms with Gasteiger partial charge in [0, 0.05) is 32.2 Å². The molecular weight excluding hydrogens is 328 g/mol. The summed E-state index contributed by atoms with van der Waals surface area (Å²) in [4.78, 5) is 17.5. The molecule has 26 heavy (non-hydrogen) atoms. The van der Waals surface area contributed by atoms with Crippen molar-refractivity contribution >= 4 is 5.91 Å². The first-order valence-electron chi connectivity index (χ1n) is 9.16. The molecule has 1 amide bonds. The van der Waals surface area contributed by atoms with Crippen molar-refractivity contribution in [2.24, 2.45) is 0 Å². The smallest absolute Gasteiger partial charge is 0.257 e. The largest absolute Gasteiger partial charge is 0.497 e. The van der Waals surface area contributed by atoms with E-state index in [0.717, 1.165) is 54.6 Å². The van der Waals surface area contributed by atoms with Gasteiger partial charge in [-0.1, -0.05) is 0 Å². The highest BCUT2D eigenvalue weighted by Crippen LogP contribution is 2.22. The van der Waals surface area contributed by atoms with E-state index in [1.807, 2.05) is 47.7 Å². The molecule has 0 atom stereocenters. The summed E-state index contributed by atoms with van der Waals surface area (Å²) in [5.74, 6) is 0.887. The van der Waals surface area contributed by atoms with Gasteiger partial charge in [0.25, 0.3) is 5.91 Å². The molecule has 0 radical (unpaired) electrons. The highest BCUT2D eigenvalue weighted by atomic mass is 16.5. The molecule has 0 bridgehead atoms. The molecule has 140 valence electrons. The van der Waals surface area contributed by atoms with E-state index in [1.54, 1.807) is 7.11 Å². The number of nitrogens with zero attached hydrogens (tertiary/aromatic N) is 4. The highest BCUT2D eigenvalue weighted by molar-refractivity contribution is 5.96. The maximum atomic E-state index is 13.1. The maximum absolute atomic E-state index is 13.1. The molecule has 0 saturated carbocycles. The molecule has 1 aliphatic heterocycles. The van der Waals surface area contributed by atoms with Crippen molar-refractivity contribution in [2.75, 3.05) is 33.3 Å². The Morgan fingerprint density at radius 3 is 2.23 bits per heavy atom. The van der Waals surface area contributed by atoms with E-state index in [4.69, 9.17) is 4.74 Å². The Bertz CT molecular complexity index is 772. The minimum atomic E-state index is 0.0863. The number of benzene rings is 1. The van der Waals surface area contributed by atoms with Crippen LogP contribution in [0.5, 0.6) is 5.75 Å². The van der Waals surface area contributed by atoms with Crippen LogP contribution in [0.25, 0.3) is 5.69 Å². The van der Waals surface area contributed by atoms with E-state index in [-0.39, 0.29) is 5.91 Å². The Balaban J connectivity index is 1.82. The van der Waals surface area contributed by atoms with Crippen molar-refractivity contribution in [1.29, 1.82) is 0 Å². The molecule has 6 heteroatoms. The second kappa shape index (κ2) is 7.50. The zero-order chi connectivity index (χ0) is 18.8. The molecule has 2 aromatic rings. The van der Waals surface area contributed by atoms with Crippen LogP contribution in [0.15, 0.2) is 24.3 Å². The van der Waals surface area contributed by atoms with Crippen molar-refractivity contribution in [1.82, 2.24) is 19.6 Å². The summed E-state index contributed by atoms with van der Waals surface area (Å²) in [7, 11) is 1.65. The SMILES string of the molecule is COc1ccc(-n2nc(C)c(C(=O)N3CCN(C(C)C)CC3)c2C)cc1. The Hall–Kier alpha value is -2.34. The summed E-state index contributed by atoms with van der Waals surface area (Å²) in [6, 6.07) is 8.23. The lowest BCUT2D eigenvalue weighted by Gasteiger charge is -2.37. The fraction of sp³-hybridized carbons (Fsp3) is 0.500. The van der Waals surface area contributed by atoms with Crippen LogP contribution in [0, 0.1) is 13.8 Å². The van der Waals surface area contributed by atoms with Crippen LogP contribution >= 0.6 is 0 Å². The lowest BCUT2D eigenvalue weighted by molar-refractivity contribution is 0.0594. The predicted molar refractivity (Wildman–Crippen MR) is 102 cm³/mol. The molecule has 0 aliphatic carbocycles. The van der Waals surface area contributed by atoms with Gasteiger partial charge in [0.05, 0.1) is 29.7 Å². The Morgan fingerprint density at radius 1 is 1.08 bits per heavy atom. The van der Waals surface area contributed by atoms with Crippen LogP contribution in [0.2, 0.25) is 0 Å². The normalized spacial score (nSPS) is 15.5. The molecule has 1 saturated heterocycles. The zero-order valence-electron chi connectivity index (χ0n) is 16.3. The van der Waals surface area contributed by atoms with Gasteiger partial charge >= 0.3 is 0 Å². The van der Waals surface area contributed by atoms with Gasteiger partial charge in [-0.05, 0) is 52.0 Å². The van der Waals surface area contributed by atoms with Crippen LogP contribution in [-0.4, -0.2) is 64.8 Å². The number of piperazine rings is 1. The third kappa shape index (κ3) is 3.46. The molecule has 1 aliphatic rings. The van der Waals surface area contributed by atoms with E-state index in [2.05, 4.69) is 23.8 Å². The number of aryl methyl sites for hydroxylation is 1. The molecule has 2 heterocycles. The van der Waals surface area contributed by atoms with Crippen LogP contribution in [0.4, 0.5) is 0 Å². The van der Waals surface area contributed by atoms with Crippen LogP contribution in [0.1, 0.15) is 35.6 Å². The summed E-state index contributed by atoms with van der Waals surface area (Å²) >= 11 is 0. The second-order valence-electron chi connectivity index (χ2n) is 7.08. The fourth-order valence-electron chi connectivity index (χ4n) is 3.53. The summed E-state index contributed by atoms with van der Waals surface area (Å²) in [6.45, 7) is 11.7. The maximum Gasteiger partial charge on any atom is 0.257 e. The van der Waals surface area contributed by atoms with Crippen molar-refractivity contribution in [2.45, 2.75) is 33.7 Å². The Kier molecular flexibility index (Phi) is 5.32. The van der Waals surface area contributed by atoms with Crippen molar-refractivity contribution in [3.8, 4) is 11.4 Å². The third-order valence-electron chi connectivity index (χ3n) is 5.15. The Labute approximate surface area is 155 Å². The van der Waals surface area contributed by atoms with Gasteiger partial charge in [-0.3, -0.25) is 9.69 Å². The van der Waals surface area contributed by atoms with E-state index in [1.165, 1.54) is 0 Å². The number of ether oxygens (including phenoxy) is 1. The minimum absolute atomic E-state index is 0.0863. The quantitative estimate of drug-likeness (QED) is 0.845. The van der Waals surface area contributed by atoms with Gasteiger partial charge in [0.2, 0.25) is 0 Å². The zero-order valence-corrected chi connectivity index (χ0v) is 16.3. The number of rotatable bonds is 4. The standard InChI is InChI=1S/C20H28N4O2/c1-14(2)22-10-12-23(13-11-22)20(25)19-15(3)21-24(16(19)4)17-6-8-18(26-5)9-7-17/h6-9,14H,10-13H2,1-5H3. The van der Waals surface area contributed by atoms with E-state index < -0.39 is 0 Å². The van der Waals surface area contributed by atoms with Gasteiger partial charge in [0.15, 0.2) is 0 Å². The molecule has 3 rings (SSSR count). The van der Waals surface area contributed by atoms with E-state index in [9.17, 15) is 4.79 Å². The lowest BCUT2D eigenvalue weighted by Crippen LogP contribution is -2.50. The fourth-order valence-corrected chi connectivity index (χ4v) is 3.53. The first kappa shape index (κ1) is 18.5. The summed E-state index contributed by atoms with van der Waals surface area (Å²) < 4.78 is 7.05. The second-order valence-corrected chi connectivity index (χ2v) is 7.08. The number of amides is 1. The molecule has 6 nitrogen and oxygen atoms in total. The van der Waals surface area contributed by atoms with Gasteiger partial charge in [-0.25, -0.2) is 4.68 Å². The summed E-state index contributed by atoms with van der Waals surface area (Å²) in [5, 5.41) is 4.61. The van der Waals surface area contributed by atoms with Crippen molar-refractivity contribution in [3.05, 3.63) is 41.2 Å². The van der Waals surface area contributed by atoms with Crippen LogP contribution < -0.4 is 4.74 Å². The molecule has 1 aromatic carbocycles. The summed E-state index contributed by atoms with van der Waals surface area (Å²) in [6.07, 6.45) is 0. The highest BCUT2D eigenvalue weighted by Gasteiger charge is 2.27. The van der Waals surface area contributed by atoms with Gasteiger partial charge in [0.1, 0.15) is 5.75 Å². The lowest BCUT2D eigenvalue weighted by atomic mass is 10.1. The Morgan fingerprint density at radius 2 is 1.69 bits per heavy atom. The molecule has 0 unspecified atom stereocenters. The number of methoxy groups -OCH3 is 1. The number of carbonyl (C=O) groups is 1. The van der Waals surface area contributed by atoms with Crippen LogP contribution in [0.3, 0.4) is 0 Å². The number of carbonyl (C=O) groups excluding carboxylic acids is 1. The molecule has 0 spiro atoms. The van der Waals surface area contributed by atoms with Crippen LogP contribution in [-0.2, 0) is 0 Å². The molecular formula is C20H28N4O2. The molecule has 0 N–H and O–H groups in total.